The molecule has 126 valence electrons. The number of nitrogens with two attached hydrogens (primary N) is 1. The van der Waals surface area contributed by atoms with Crippen LogP contribution in [0.25, 0.3) is 0 Å². The van der Waals surface area contributed by atoms with E-state index in [1.54, 1.807) is 10.9 Å². The number of halogens is 1. The molecule has 2 heterocycles. The smallest absolute Gasteiger partial charge is 0.276 e. The molecule has 1 aromatic rings. The van der Waals surface area contributed by atoms with Gasteiger partial charge in [0.05, 0.1) is 6.20 Å². The van der Waals surface area contributed by atoms with Crippen molar-refractivity contribution in [1.82, 2.24) is 19.9 Å². The molecule has 2 rings (SSSR count). The highest BCUT2D eigenvalue weighted by Gasteiger charge is 2.31. The van der Waals surface area contributed by atoms with Gasteiger partial charge in [-0.25, -0.2) is 0 Å². The van der Waals surface area contributed by atoms with Gasteiger partial charge in [0.15, 0.2) is 5.69 Å². The molecule has 22 heavy (non-hydrogen) atoms. The summed E-state index contributed by atoms with van der Waals surface area (Å²) in [7, 11) is 0. The van der Waals surface area contributed by atoms with Crippen molar-refractivity contribution in [3.05, 3.63) is 11.9 Å². The first-order chi connectivity index (χ1) is 9.99. The van der Waals surface area contributed by atoms with E-state index in [4.69, 9.17) is 5.73 Å². The first-order valence-corrected chi connectivity index (χ1v) is 7.95. The third-order valence-corrected chi connectivity index (χ3v) is 4.11. The molecule has 1 aromatic heterocycles. The number of nitrogens with zero attached hydrogens (tertiary/aromatic N) is 4. The summed E-state index contributed by atoms with van der Waals surface area (Å²) in [4.78, 5) is 14.5. The van der Waals surface area contributed by atoms with E-state index < -0.39 is 0 Å². The van der Waals surface area contributed by atoms with E-state index in [0.717, 1.165) is 38.8 Å². The summed E-state index contributed by atoms with van der Waals surface area (Å²) in [5, 5.41) is 8.11. The molecule has 0 spiro atoms. The SMILES string of the molecule is CC(C)CCn1cc(C(=O)N2CCCCC2C(C)N)nn1.Cl. The van der Waals surface area contributed by atoms with Crippen LogP contribution in [-0.2, 0) is 6.54 Å². The summed E-state index contributed by atoms with van der Waals surface area (Å²) in [5.41, 5.74) is 6.46. The zero-order valence-corrected chi connectivity index (χ0v) is 14.6. The van der Waals surface area contributed by atoms with Gasteiger partial charge in [0.1, 0.15) is 0 Å². The highest BCUT2D eigenvalue weighted by molar-refractivity contribution is 5.92. The van der Waals surface area contributed by atoms with Gasteiger partial charge in [0.2, 0.25) is 0 Å². The molecule has 6 nitrogen and oxygen atoms in total. The topological polar surface area (TPSA) is 77.0 Å². The molecule has 1 aliphatic rings. The van der Waals surface area contributed by atoms with Crippen molar-refractivity contribution in [1.29, 1.82) is 0 Å². The lowest BCUT2D eigenvalue weighted by atomic mass is 9.96. The van der Waals surface area contributed by atoms with Gasteiger partial charge in [-0.3, -0.25) is 9.48 Å². The average Bonchev–Trinajstić information content (AvgIpc) is 2.93. The van der Waals surface area contributed by atoms with Crippen LogP contribution in [0.4, 0.5) is 0 Å². The lowest BCUT2D eigenvalue weighted by Crippen LogP contribution is -2.51. The molecule has 0 radical (unpaired) electrons. The summed E-state index contributed by atoms with van der Waals surface area (Å²) in [5.74, 6) is 0.575. The average molecular weight is 330 g/mol. The first kappa shape index (κ1) is 18.9. The van der Waals surface area contributed by atoms with Gasteiger partial charge in [0, 0.05) is 25.2 Å². The third-order valence-electron chi connectivity index (χ3n) is 4.11. The number of aryl methyl sites for hydroxylation is 1. The molecular formula is C15H28ClN5O. The summed E-state index contributed by atoms with van der Waals surface area (Å²) in [6.45, 7) is 7.88. The molecule has 0 saturated carbocycles. The predicted octanol–water partition coefficient (Wildman–Crippen LogP) is 2.09. The van der Waals surface area contributed by atoms with Crippen molar-refractivity contribution in [2.75, 3.05) is 6.54 Å². The number of hydrogen-bond acceptors (Lipinski definition) is 4. The lowest BCUT2D eigenvalue weighted by Gasteiger charge is -2.37. The molecule has 7 heteroatoms. The minimum atomic E-state index is -0.0344. The highest BCUT2D eigenvalue weighted by atomic mass is 35.5. The molecule has 0 aliphatic carbocycles. The molecule has 0 aromatic carbocycles. The molecule has 1 saturated heterocycles. The van der Waals surface area contributed by atoms with Crippen molar-refractivity contribution in [2.45, 2.75) is 65.1 Å². The Hall–Kier alpha value is -1.14. The van der Waals surface area contributed by atoms with Gasteiger partial charge in [0.25, 0.3) is 5.91 Å². The number of hydrogen-bond donors (Lipinski definition) is 1. The minimum Gasteiger partial charge on any atom is -0.333 e. The fraction of sp³-hybridized carbons (Fsp3) is 0.800. The van der Waals surface area contributed by atoms with E-state index in [-0.39, 0.29) is 30.4 Å². The van der Waals surface area contributed by atoms with E-state index >= 15 is 0 Å². The number of carbonyl (C=O) groups is 1. The number of likely N-dealkylation sites (tertiary alicyclic amines) is 1. The zero-order valence-electron chi connectivity index (χ0n) is 13.7. The maximum atomic E-state index is 12.6. The van der Waals surface area contributed by atoms with Crippen LogP contribution in [0.15, 0.2) is 6.20 Å². The summed E-state index contributed by atoms with van der Waals surface area (Å²) < 4.78 is 1.76. The van der Waals surface area contributed by atoms with Crippen LogP contribution in [0.2, 0.25) is 0 Å². The normalized spacial score (nSPS) is 19.9. The van der Waals surface area contributed by atoms with Crippen LogP contribution in [-0.4, -0.2) is 44.4 Å². The van der Waals surface area contributed by atoms with E-state index in [1.165, 1.54) is 0 Å². The van der Waals surface area contributed by atoms with Gasteiger partial charge in [-0.15, -0.1) is 17.5 Å². The van der Waals surface area contributed by atoms with Gasteiger partial charge in [-0.1, -0.05) is 19.1 Å². The van der Waals surface area contributed by atoms with E-state index in [0.29, 0.717) is 11.6 Å². The van der Waals surface area contributed by atoms with Gasteiger partial charge in [-0.05, 0) is 38.5 Å². The monoisotopic (exact) mass is 329 g/mol. The summed E-state index contributed by atoms with van der Waals surface area (Å²) in [6.07, 6.45) is 5.94. The fourth-order valence-corrected chi connectivity index (χ4v) is 2.80. The molecule has 2 N–H and O–H groups in total. The molecule has 1 fully saturated rings. The predicted molar refractivity (Wildman–Crippen MR) is 89.0 cm³/mol. The van der Waals surface area contributed by atoms with Crippen LogP contribution in [0.1, 0.15) is 56.9 Å². The minimum absolute atomic E-state index is 0. The fourth-order valence-electron chi connectivity index (χ4n) is 2.80. The zero-order chi connectivity index (χ0) is 15.4. The van der Waals surface area contributed by atoms with E-state index in [2.05, 4.69) is 24.2 Å². The lowest BCUT2D eigenvalue weighted by molar-refractivity contribution is 0.0577. The Balaban J connectivity index is 0.00000242. The van der Waals surface area contributed by atoms with E-state index in [9.17, 15) is 4.79 Å². The van der Waals surface area contributed by atoms with Crippen molar-refractivity contribution in [2.24, 2.45) is 11.7 Å². The van der Waals surface area contributed by atoms with Crippen molar-refractivity contribution in [3.63, 3.8) is 0 Å². The Morgan fingerprint density at radius 2 is 2.14 bits per heavy atom. The van der Waals surface area contributed by atoms with Crippen LogP contribution < -0.4 is 5.73 Å². The molecular weight excluding hydrogens is 302 g/mol. The Bertz CT molecular complexity index is 474. The second kappa shape index (κ2) is 8.48. The molecule has 2 atom stereocenters. The van der Waals surface area contributed by atoms with Crippen molar-refractivity contribution >= 4 is 18.3 Å². The second-order valence-corrected chi connectivity index (χ2v) is 6.47. The number of aromatic nitrogens is 3. The van der Waals surface area contributed by atoms with Crippen LogP contribution in [0.5, 0.6) is 0 Å². The Kier molecular flexibility index (Phi) is 7.29. The van der Waals surface area contributed by atoms with Crippen LogP contribution in [0, 0.1) is 5.92 Å². The number of carbonyl (C=O) groups excluding carboxylic acids is 1. The number of amides is 1. The molecule has 0 bridgehead atoms. The van der Waals surface area contributed by atoms with Crippen LogP contribution >= 0.6 is 12.4 Å². The summed E-state index contributed by atoms with van der Waals surface area (Å²) in [6, 6.07) is 0.109. The second-order valence-electron chi connectivity index (χ2n) is 6.47. The largest absolute Gasteiger partial charge is 0.333 e. The van der Waals surface area contributed by atoms with Crippen LogP contribution in [0.3, 0.4) is 0 Å². The number of piperidine rings is 1. The Morgan fingerprint density at radius 1 is 1.41 bits per heavy atom. The maximum absolute atomic E-state index is 12.6. The highest BCUT2D eigenvalue weighted by Crippen LogP contribution is 2.20. The van der Waals surface area contributed by atoms with E-state index in [1.807, 2.05) is 11.8 Å². The van der Waals surface area contributed by atoms with Crippen molar-refractivity contribution in [3.8, 4) is 0 Å². The standard InChI is InChI=1S/C15H27N5O.ClH/c1-11(2)7-9-19-10-13(17-18-19)15(21)20-8-5-4-6-14(20)12(3)16;/h10-12,14H,4-9,16H2,1-3H3;1H. The third kappa shape index (κ3) is 4.68. The maximum Gasteiger partial charge on any atom is 0.276 e. The Morgan fingerprint density at radius 3 is 2.77 bits per heavy atom. The Labute approximate surface area is 138 Å². The van der Waals surface area contributed by atoms with Crippen molar-refractivity contribution < 1.29 is 4.79 Å². The molecule has 1 aliphatic heterocycles. The van der Waals surface area contributed by atoms with Gasteiger partial charge in [-0.2, -0.15) is 0 Å². The van der Waals surface area contributed by atoms with Gasteiger partial charge >= 0.3 is 0 Å². The first-order valence-electron chi connectivity index (χ1n) is 7.95. The summed E-state index contributed by atoms with van der Waals surface area (Å²) >= 11 is 0. The molecule has 2 unspecified atom stereocenters. The number of rotatable bonds is 5. The van der Waals surface area contributed by atoms with Gasteiger partial charge < -0.3 is 10.6 Å². The quantitative estimate of drug-likeness (QED) is 0.897. The molecule has 1 amide bonds.